The number of hydrogen-bond acceptors (Lipinski definition) is 3. The summed E-state index contributed by atoms with van der Waals surface area (Å²) in [7, 11) is 0. The lowest BCUT2D eigenvalue weighted by atomic mass is 9.97. The second kappa shape index (κ2) is 8.71. The van der Waals surface area contributed by atoms with Gasteiger partial charge in [0, 0.05) is 11.4 Å². The van der Waals surface area contributed by atoms with Gasteiger partial charge in [-0.2, -0.15) is 0 Å². The summed E-state index contributed by atoms with van der Waals surface area (Å²) in [6.45, 7) is 0. The van der Waals surface area contributed by atoms with Crippen LogP contribution in [0.5, 0.6) is 0 Å². The molecule has 0 radical (unpaired) electrons. The van der Waals surface area contributed by atoms with Crippen LogP contribution in [0, 0.1) is 5.41 Å². The largest absolute Gasteiger partial charge is 0.478 e. The summed E-state index contributed by atoms with van der Waals surface area (Å²) in [6, 6.07) is 21.0. The minimum Gasteiger partial charge on any atom is -0.478 e. The lowest BCUT2D eigenvalue weighted by molar-refractivity contribution is -0.115. The molecule has 0 spiro atoms. The lowest BCUT2D eigenvalue weighted by Gasteiger charge is -2.11. The molecule has 3 aromatic carbocycles. The zero-order valence-corrected chi connectivity index (χ0v) is 15.5. The maximum absolute atomic E-state index is 12.2. The third-order valence-corrected chi connectivity index (χ3v) is 4.22. The molecule has 0 atom stereocenters. The molecule has 29 heavy (non-hydrogen) atoms. The van der Waals surface area contributed by atoms with Crippen LogP contribution in [0.1, 0.15) is 15.9 Å². The van der Waals surface area contributed by atoms with Crippen LogP contribution in [-0.2, 0) is 11.2 Å². The van der Waals surface area contributed by atoms with E-state index in [1.807, 2.05) is 30.3 Å². The normalized spacial score (nSPS) is 10.2. The van der Waals surface area contributed by atoms with Crippen LogP contribution < -0.4 is 16.4 Å². The number of carbonyl (C=O) groups is 2. The molecule has 0 heterocycles. The summed E-state index contributed by atoms with van der Waals surface area (Å²) in [6.07, 6.45) is 0.201. The van der Waals surface area contributed by atoms with Gasteiger partial charge >= 0.3 is 5.97 Å². The minimum absolute atomic E-state index is 0.133. The van der Waals surface area contributed by atoms with Crippen LogP contribution in [0.2, 0.25) is 0 Å². The van der Waals surface area contributed by atoms with Crippen molar-refractivity contribution in [3.63, 3.8) is 0 Å². The molecule has 0 aliphatic carbocycles. The van der Waals surface area contributed by atoms with Crippen molar-refractivity contribution >= 4 is 29.2 Å². The number of aromatic carboxylic acids is 1. The molecule has 1 amide bonds. The summed E-state index contributed by atoms with van der Waals surface area (Å²) in [5.74, 6) is -1.43. The second-order valence-corrected chi connectivity index (χ2v) is 6.39. The zero-order chi connectivity index (χ0) is 20.8. The molecule has 0 saturated carbocycles. The van der Waals surface area contributed by atoms with E-state index in [2.05, 4.69) is 10.6 Å². The second-order valence-electron chi connectivity index (χ2n) is 6.39. The van der Waals surface area contributed by atoms with E-state index in [-0.39, 0.29) is 23.9 Å². The Bertz CT molecular complexity index is 1050. The van der Waals surface area contributed by atoms with Crippen LogP contribution in [0.4, 0.5) is 11.4 Å². The highest BCUT2D eigenvalue weighted by Gasteiger charge is 2.13. The van der Waals surface area contributed by atoms with Crippen molar-refractivity contribution in [2.45, 2.75) is 6.42 Å². The van der Waals surface area contributed by atoms with Crippen molar-refractivity contribution in [2.75, 3.05) is 10.6 Å². The summed E-state index contributed by atoms with van der Waals surface area (Å²) < 4.78 is 0. The molecule has 0 saturated heterocycles. The molecular formula is C22H20N4O3. The van der Waals surface area contributed by atoms with Gasteiger partial charge in [0.1, 0.15) is 0 Å². The number of carbonyl (C=O) groups excluding carboxylic acids is 1. The van der Waals surface area contributed by atoms with E-state index in [4.69, 9.17) is 11.1 Å². The van der Waals surface area contributed by atoms with Crippen LogP contribution in [0.15, 0.2) is 72.8 Å². The van der Waals surface area contributed by atoms with Gasteiger partial charge in [-0.05, 0) is 47.0 Å². The van der Waals surface area contributed by atoms with Gasteiger partial charge in [0.2, 0.25) is 5.91 Å². The highest BCUT2D eigenvalue weighted by Crippen LogP contribution is 2.28. The summed E-state index contributed by atoms with van der Waals surface area (Å²) >= 11 is 0. The number of hydrogen-bond donors (Lipinski definition) is 5. The fourth-order valence-electron chi connectivity index (χ4n) is 2.92. The van der Waals surface area contributed by atoms with Gasteiger partial charge in [0.25, 0.3) is 0 Å². The van der Waals surface area contributed by atoms with Crippen LogP contribution in [0.3, 0.4) is 0 Å². The average Bonchev–Trinajstić information content (AvgIpc) is 2.68. The summed E-state index contributed by atoms with van der Waals surface area (Å²) in [5, 5.41) is 22.3. The fourth-order valence-corrected chi connectivity index (χ4v) is 2.92. The Hall–Kier alpha value is -4.13. The molecule has 0 bridgehead atoms. The maximum Gasteiger partial charge on any atom is 0.336 e. The predicted molar refractivity (Wildman–Crippen MR) is 113 cm³/mol. The molecule has 0 aliphatic heterocycles. The van der Waals surface area contributed by atoms with E-state index in [1.54, 1.807) is 36.4 Å². The molecule has 0 unspecified atom stereocenters. The number of rotatable bonds is 6. The number of carboxylic acid groups (broad SMARTS) is 1. The Morgan fingerprint density at radius 1 is 0.897 bits per heavy atom. The molecule has 7 nitrogen and oxygen atoms in total. The topological polar surface area (TPSA) is 128 Å². The summed E-state index contributed by atoms with van der Waals surface area (Å²) in [5.41, 5.74) is 8.71. The monoisotopic (exact) mass is 388 g/mol. The predicted octanol–water partition coefficient (Wildman–Crippen LogP) is 3.54. The molecule has 6 N–H and O–H groups in total. The highest BCUT2D eigenvalue weighted by atomic mass is 16.4. The number of nitrogens with two attached hydrogens (primary N) is 1. The van der Waals surface area contributed by atoms with E-state index in [0.29, 0.717) is 16.8 Å². The number of benzene rings is 3. The van der Waals surface area contributed by atoms with E-state index in [9.17, 15) is 14.7 Å². The van der Waals surface area contributed by atoms with Crippen LogP contribution >= 0.6 is 0 Å². The van der Waals surface area contributed by atoms with Crippen LogP contribution in [0.25, 0.3) is 11.1 Å². The third-order valence-electron chi connectivity index (χ3n) is 4.22. The Kier molecular flexibility index (Phi) is 5.89. The van der Waals surface area contributed by atoms with Gasteiger partial charge in [-0.3, -0.25) is 10.2 Å². The Morgan fingerprint density at radius 3 is 2.21 bits per heavy atom. The van der Waals surface area contributed by atoms with Gasteiger partial charge < -0.3 is 21.5 Å². The molecule has 7 heteroatoms. The molecule has 0 aromatic heterocycles. The zero-order valence-electron chi connectivity index (χ0n) is 15.5. The van der Waals surface area contributed by atoms with Gasteiger partial charge in [0.05, 0.1) is 12.0 Å². The first kappa shape index (κ1) is 19.6. The number of nitrogens with one attached hydrogen (secondary N) is 3. The number of carboxylic acids is 1. The first-order valence-electron chi connectivity index (χ1n) is 8.85. The third kappa shape index (κ3) is 5.20. The number of amides is 1. The van der Waals surface area contributed by atoms with Crippen molar-refractivity contribution in [2.24, 2.45) is 5.73 Å². The lowest BCUT2D eigenvalue weighted by Crippen LogP contribution is -2.20. The Balaban J connectivity index is 1.79. The van der Waals surface area contributed by atoms with Gasteiger partial charge in [-0.25, -0.2) is 4.79 Å². The molecular weight excluding hydrogens is 368 g/mol. The number of guanidine groups is 1. The Morgan fingerprint density at radius 2 is 1.59 bits per heavy atom. The average molecular weight is 388 g/mol. The van der Waals surface area contributed by atoms with Gasteiger partial charge in [-0.1, -0.05) is 42.5 Å². The van der Waals surface area contributed by atoms with E-state index in [1.165, 1.54) is 6.07 Å². The van der Waals surface area contributed by atoms with Crippen LogP contribution in [-0.4, -0.2) is 22.9 Å². The fraction of sp³-hybridized carbons (Fsp3) is 0.0455. The molecule has 3 aromatic rings. The molecule has 0 aliphatic rings. The van der Waals surface area contributed by atoms with Gasteiger partial charge in [-0.15, -0.1) is 0 Å². The maximum atomic E-state index is 12.2. The van der Waals surface area contributed by atoms with Crippen molar-refractivity contribution in [3.8, 4) is 11.1 Å². The van der Waals surface area contributed by atoms with Crippen molar-refractivity contribution in [1.82, 2.24) is 0 Å². The van der Waals surface area contributed by atoms with Crippen molar-refractivity contribution in [3.05, 3.63) is 83.9 Å². The van der Waals surface area contributed by atoms with Gasteiger partial charge in [0.15, 0.2) is 5.96 Å². The molecule has 0 fully saturated rings. The number of anilines is 2. The molecule has 3 rings (SSSR count). The first-order chi connectivity index (χ1) is 13.9. The summed E-state index contributed by atoms with van der Waals surface area (Å²) in [4.78, 5) is 23.8. The van der Waals surface area contributed by atoms with E-state index >= 15 is 0 Å². The van der Waals surface area contributed by atoms with E-state index < -0.39 is 5.97 Å². The van der Waals surface area contributed by atoms with E-state index in [0.717, 1.165) is 11.3 Å². The van der Waals surface area contributed by atoms with Crippen molar-refractivity contribution < 1.29 is 14.7 Å². The molecule has 146 valence electrons. The Labute approximate surface area is 167 Å². The van der Waals surface area contributed by atoms with Crippen molar-refractivity contribution in [1.29, 1.82) is 5.41 Å². The number of para-hydroxylation sites is 1. The quantitative estimate of drug-likeness (QED) is 0.326. The minimum atomic E-state index is -1.05. The SMILES string of the molecule is N=C(N)Nc1ccc(C(=O)O)c(-c2ccc(CC(=O)Nc3ccccc3)cc2)c1. The smallest absolute Gasteiger partial charge is 0.336 e. The first-order valence-corrected chi connectivity index (χ1v) is 8.85. The standard InChI is InChI=1S/C22H20N4O3/c23-22(24)26-17-10-11-18(21(28)29)19(13-17)15-8-6-14(7-9-15)12-20(27)25-16-4-2-1-3-5-16/h1-11,13H,12H2,(H,25,27)(H,28,29)(H4,23,24,26). The highest BCUT2D eigenvalue weighted by molar-refractivity contribution is 5.98.